The maximum Gasteiger partial charge on any atom is 0.257 e. The average Bonchev–Trinajstić information content (AvgIpc) is 2.98. The van der Waals surface area contributed by atoms with E-state index in [4.69, 9.17) is 0 Å². The molecule has 4 rings (SSSR count). The van der Waals surface area contributed by atoms with Gasteiger partial charge in [0.1, 0.15) is 5.56 Å². The average molecular weight is 313 g/mol. The van der Waals surface area contributed by atoms with Crippen molar-refractivity contribution in [2.75, 3.05) is 0 Å². The van der Waals surface area contributed by atoms with Gasteiger partial charge in [0.2, 0.25) is 0 Å². The monoisotopic (exact) mass is 313 g/mol. The van der Waals surface area contributed by atoms with Gasteiger partial charge in [0.05, 0.1) is 5.69 Å². The minimum Gasteiger partial charge on any atom is -0.349 e. The number of fused-ring (bicyclic) bond motifs is 3. The molecule has 1 amide bonds. The normalized spacial score (nSPS) is 26.7. The molecule has 2 unspecified atom stereocenters. The molecular formula is C17H23N5O. The lowest BCUT2D eigenvalue weighted by Gasteiger charge is -2.29. The largest absolute Gasteiger partial charge is 0.349 e. The van der Waals surface area contributed by atoms with Crippen LogP contribution in [0.1, 0.15) is 53.1 Å². The number of carbonyl (C=O) groups is 1. The summed E-state index contributed by atoms with van der Waals surface area (Å²) in [4.78, 5) is 17.4. The van der Waals surface area contributed by atoms with Gasteiger partial charge in [-0.2, -0.15) is 5.10 Å². The van der Waals surface area contributed by atoms with Crippen molar-refractivity contribution in [1.29, 1.82) is 0 Å². The fourth-order valence-corrected chi connectivity index (χ4v) is 4.13. The Morgan fingerprint density at radius 2 is 1.96 bits per heavy atom. The van der Waals surface area contributed by atoms with Crippen molar-refractivity contribution in [3.05, 3.63) is 28.7 Å². The predicted molar refractivity (Wildman–Crippen MR) is 87.6 cm³/mol. The van der Waals surface area contributed by atoms with Gasteiger partial charge in [-0.15, -0.1) is 0 Å². The van der Waals surface area contributed by atoms with Gasteiger partial charge in [-0.05, 0) is 52.5 Å². The van der Waals surface area contributed by atoms with E-state index in [0.29, 0.717) is 23.3 Å². The number of nitrogens with one attached hydrogen (secondary N) is 2. The lowest BCUT2D eigenvalue weighted by atomic mass is 9.99. The lowest BCUT2D eigenvalue weighted by Crippen LogP contribution is -2.48. The van der Waals surface area contributed by atoms with Crippen LogP contribution < -0.4 is 10.6 Å². The molecule has 2 fully saturated rings. The Balaban J connectivity index is 1.63. The summed E-state index contributed by atoms with van der Waals surface area (Å²) in [5, 5.41) is 11.3. The molecule has 6 heteroatoms. The zero-order chi connectivity index (χ0) is 16.1. The number of piperidine rings is 1. The summed E-state index contributed by atoms with van der Waals surface area (Å²) in [6.07, 6.45) is 4.50. The zero-order valence-corrected chi connectivity index (χ0v) is 13.9. The third kappa shape index (κ3) is 2.51. The van der Waals surface area contributed by atoms with Gasteiger partial charge in [-0.25, -0.2) is 9.50 Å². The number of amides is 1. The molecule has 23 heavy (non-hydrogen) atoms. The Kier molecular flexibility index (Phi) is 3.37. The van der Waals surface area contributed by atoms with Crippen LogP contribution in [0.4, 0.5) is 0 Å². The molecule has 122 valence electrons. The van der Waals surface area contributed by atoms with Crippen molar-refractivity contribution in [2.45, 2.75) is 64.6 Å². The molecule has 6 nitrogen and oxygen atoms in total. The van der Waals surface area contributed by atoms with Crippen LogP contribution in [0.15, 0.2) is 6.07 Å². The van der Waals surface area contributed by atoms with E-state index in [-0.39, 0.29) is 11.9 Å². The molecule has 2 N–H and O–H groups in total. The Labute approximate surface area is 135 Å². The van der Waals surface area contributed by atoms with E-state index in [1.807, 2.05) is 26.8 Å². The van der Waals surface area contributed by atoms with Crippen LogP contribution in [-0.2, 0) is 0 Å². The quantitative estimate of drug-likeness (QED) is 0.885. The molecular weight excluding hydrogens is 290 g/mol. The van der Waals surface area contributed by atoms with Crippen LogP contribution in [0, 0.1) is 20.8 Å². The van der Waals surface area contributed by atoms with Crippen LogP contribution >= 0.6 is 0 Å². The fraction of sp³-hybridized carbons (Fsp3) is 0.588. The number of rotatable bonds is 2. The first-order valence-electron chi connectivity index (χ1n) is 8.42. The molecule has 2 aromatic heterocycles. The van der Waals surface area contributed by atoms with Crippen LogP contribution in [0.2, 0.25) is 0 Å². The first kappa shape index (κ1) is 14.6. The summed E-state index contributed by atoms with van der Waals surface area (Å²) in [7, 11) is 0. The molecule has 0 spiro atoms. The van der Waals surface area contributed by atoms with Gasteiger partial charge in [-0.3, -0.25) is 4.79 Å². The summed E-state index contributed by atoms with van der Waals surface area (Å²) in [6.45, 7) is 5.81. The SMILES string of the molecule is Cc1cc(C)n2nc(C)c(C(=O)NC3CC4CCC(C3)N4)c2n1. The summed E-state index contributed by atoms with van der Waals surface area (Å²) in [5.41, 5.74) is 3.91. The van der Waals surface area contributed by atoms with Crippen LogP contribution in [0.25, 0.3) is 5.65 Å². The standard InChI is InChI=1S/C17H23N5O/c1-9-6-10(2)22-16(18-9)15(11(3)21-22)17(23)20-14-7-12-4-5-13(8-14)19-12/h6,12-14,19H,4-5,7-8H2,1-3H3,(H,20,23). The highest BCUT2D eigenvalue weighted by Gasteiger charge is 2.34. The molecule has 2 aromatic rings. The number of nitrogens with zero attached hydrogens (tertiary/aromatic N) is 3. The highest BCUT2D eigenvalue weighted by atomic mass is 16.1. The number of hydrogen-bond acceptors (Lipinski definition) is 4. The molecule has 4 heterocycles. The van der Waals surface area contributed by atoms with Crippen molar-refractivity contribution >= 4 is 11.6 Å². The second-order valence-electron chi connectivity index (χ2n) is 7.01. The zero-order valence-electron chi connectivity index (χ0n) is 13.9. The van der Waals surface area contributed by atoms with E-state index in [2.05, 4.69) is 20.7 Å². The van der Waals surface area contributed by atoms with E-state index in [1.54, 1.807) is 4.52 Å². The highest BCUT2D eigenvalue weighted by molar-refractivity contribution is 6.01. The molecule has 2 aliphatic rings. The van der Waals surface area contributed by atoms with E-state index in [9.17, 15) is 4.79 Å². The first-order chi connectivity index (χ1) is 11.0. The van der Waals surface area contributed by atoms with Gasteiger partial charge >= 0.3 is 0 Å². The molecule has 2 bridgehead atoms. The molecule has 2 aliphatic heterocycles. The predicted octanol–water partition coefficient (Wildman–Crippen LogP) is 1.67. The van der Waals surface area contributed by atoms with Crippen LogP contribution in [0.5, 0.6) is 0 Å². The molecule has 2 atom stereocenters. The van der Waals surface area contributed by atoms with Gasteiger partial charge in [-0.1, -0.05) is 0 Å². The smallest absolute Gasteiger partial charge is 0.257 e. The lowest BCUT2D eigenvalue weighted by molar-refractivity contribution is 0.0925. The van der Waals surface area contributed by atoms with Crippen LogP contribution in [0.3, 0.4) is 0 Å². The topological polar surface area (TPSA) is 71.3 Å². The molecule has 0 aromatic carbocycles. The second kappa shape index (κ2) is 5.30. The summed E-state index contributed by atoms with van der Waals surface area (Å²) < 4.78 is 1.77. The fourth-order valence-electron chi connectivity index (χ4n) is 4.13. The minimum absolute atomic E-state index is 0.0405. The van der Waals surface area contributed by atoms with Gasteiger partial charge < -0.3 is 10.6 Å². The van der Waals surface area contributed by atoms with E-state index in [1.165, 1.54) is 12.8 Å². The Hall–Kier alpha value is -1.95. The van der Waals surface area contributed by atoms with Crippen molar-refractivity contribution in [3.63, 3.8) is 0 Å². The maximum atomic E-state index is 12.8. The van der Waals surface area contributed by atoms with Crippen molar-refractivity contribution < 1.29 is 4.79 Å². The van der Waals surface area contributed by atoms with E-state index >= 15 is 0 Å². The van der Waals surface area contributed by atoms with Gasteiger partial charge in [0, 0.05) is 29.5 Å². The van der Waals surface area contributed by atoms with Crippen molar-refractivity contribution in [3.8, 4) is 0 Å². The summed E-state index contributed by atoms with van der Waals surface area (Å²) in [6, 6.07) is 3.35. The van der Waals surface area contributed by atoms with E-state index < -0.39 is 0 Å². The Morgan fingerprint density at radius 1 is 1.26 bits per heavy atom. The van der Waals surface area contributed by atoms with Gasteiger partial charge in [0.15, 0.2) is 5.65 Å². The maximum absolute atomic E-state index is 12.8. The number of aryl methyl sites for hydroxylation is 3. The summed E-state index contributed by atoms with van der Waals surface area (Å²) >= 11 is 0. The minimum atomic E-state index is -0.0405. The Morgan fingerprint density at radius 3 is 2.65 bits per heavy atom. The second-order valence-corrected chi connectivity index (χ2v) is 7.01. The highest BCUT2D eigenvalue weighted by Crippen LogP contribution is 2.27. The molecule has 2 saturated heterocycles. The third-order valence-corrected chi connectivity index (χ3v) is 5.11. The molecule has 0 saturated carbocycles. The molecule has 0 radical (unpaired) electrons. The van der Waals surface area contributed by atoms with Crippen molar-refractivity contribution in [1.82, 2.24) is 25.2 Å². The first-order valence-corrected chi connectivity index (χ1v) is 8.42. The molecule has 0 aliphatic carbocycles. The number of aromatic nitrogens is 3. The summed E-state index contributed by atoms with van der Waals surface area (Å²) in [5.74, 6) is -0.0405. The van der Waals surface area contributed by atoms with Crippen molar-refractivity contribution in [2.24, 2.45) is 0 Å². The van der Waals surface area contributed by atoms with Crippen LogP contribution in [-0.4, -0.2) is 38.6 Å². The number of carbonyl (C=O) groups excluding carboxylic acids is 1. The Bertz CT molecular complexity index is 769. The van der Waals surface area contributed by atoms with E-state index in [0.717, 1.165) is 29.9 Å². The third-order valence-electron chi connectivity index (χ3n) is 5.11. The number of hydrogen-bond donors (Lipinski definition) is 2. The van der Waals surface area contributed by atoms with Gasteiger partial charge in [0.25, 0.3) is 5.91 Å².